The third-order valence-corrected chi connectivity index (χ3v) is 4.01. The van der Waals surface area contributed by atoms with Crippen LogP contribution in [-0.2, 0) is 0 Å². The molecule has 0 aromatic rings. The van der Waals surface area contributed by atoms with Gasteiger partial charge in [-0.1, -0.05) is 26.2 Å². The summed E-state index contributed by atoms with van der Waals surface area (Å²) in [6.45, 7) is 6.32. The molecular formula is C13H26N2O. The van der Waals surface area contributed by atoms with E-state index < -0.39 is 0 Å². The number of nitrogens with zero attached hydrogens (tertiary/aromatic N) is 1. The number of rotatable bonds is 3. The van der Waals surface area contributed by atoms with Crippen LogP contribution in [0.4, 0.5) is 4.79 Å². The number of urea groups is 1. The Morgan fingerprint density at radius 3 is 2.38 bits per heavy atom. The minimum absolute atomic E-state index is 0.0568. The van der Waals surface area contributed by atoms with E-state index in [4.69, 9.17) is 0 Å². The standard InChI is InChI=1S/C13H26N2O/c1-5-13(2,3)15(4)12(16)14-11-9-7-6-8-10-11/h11H,5-10H2,1-4H3,(H,14,16). The lowest BCUT2D eigenvalue weighted by Crippen LogP contribution is -2.51. The molecule has 16 heavy (non-hydrogen) atoms. The monoisotopic (exact) mass is 226 g/mol. The summed E-state index contributed by atoms with van der Waals surface area (Å²) in [6.07, 6.45) is 7.10. The van der Waals surface area contributed by atoms with Crippen LogP contribution in [0.15, 0.2) is 0 Å². The Hall–Kier alpha value is -0.730. The highest BCUT2D eigenvalue weighted by molar-refractivity contribution is 5.75. The fourth-order valence-electron chi connectivity index (χ4n) is 2.03. The lowest BCUT2D eigenvalue weighted by Gasteiger charge is -2.36. The summed E-state index contributed by atoms with van der Waals surface area (Å²) < 4.78 is 0. The van der Waals surface area contributed by atoms with Crippen molar-refractivity contribution >= 4 is 6.03 Å². The van der Waals surface area contributed by atoms with Gasteiger partial charge in [0.1, 0.15) is 0 Å². The average molecular weight is 226 g/mol. The number of carbonyl (C=O) groups is 1. The molecule has 1 saturated carbocycles. The van der Waals surface area contributed by atoms with Crippen LogP contribution in [0.2, 0.25) is 0 Å². The number of carbonyl (C=O) groups excluding carboxylic acids is 1. The molecule has 1 aliphatic carbocycles. The van der Waals surface area contributed by atoms with Crippen molar-refractivity contribution in [2.75, 3.05) is 7.05 Å². The maximum absolute atomic E-state index is 12.0. The normalized spacial score (nSPS) is 18.2. The first kappa shape index (κ1) is 13.3. The molecule has 2 amide bonds. The third kappa shape index (κ3) is 3.39. The fraction of sp³-hybridized carbons (Fsp3) is 0.923. The van der Waals surface area contributed by atoms with Crippen molar-refractivity contribution in [3.05, 3.63) is 0 Å². The molecule has 0 aromatic heterocycles. The number of hydrogen-bond acceptors (Lipinski definition) is 1. The molecule has 0 aliphatic heterocycles. The van der Waals surface area contributed by atoms with Crippen LogP contribution in [0.5, 0.6) is 0 Å². The summed E-state index contributed by atoms with van der Waals surface area (Å²) in [4.78, 5) is 13.9. The molecule has 0 spiro atoms. The smallest absolute Gasteiger partial charge is 0.317 e. The van der Waals surface area contributed by atoms with Gasteiger partial charge in [-0.05, 0) is 33.1 Å². The number of hydrogen-bond donors (Lipinski definition) is 1. The van der Waals surface area contributed by atoms with Gasteiger partial charge in [-0.3, -0.25) is 0 Å². The lowest BCUT2D eigenvalue weighted by molar-refractivity contribution is 0.147. The molecule has 94 valence electrons. The highest BCUT2D eigenvalue weighted by atomic mass is 16.2. The van der Waals surface area contributed by atoms with Gasteiger partial charge < -0.3 is 10.2 Å². The van der Waals surface area contributed by atoms with E-state index in [1.165, 1.54) is 19.3 Å². The van der Waals surface area contributed by atoms with Gasteiger partial charge in [0.05, 0.1) is 0 Å². The van der Waals surface area contributed by atoms with Crippen LogP contribution in [0, 0.1) is 0 Å². The second kappa shape index (κ2) is 5.55. The minimum atomic E-state index is -0.0568. The third-order valence-electron chi connectivity index (χ3n) is 4.01. The van der Waals surface area contributed by atoms with Crippen LogP contribution < -0.4 is 5.32 Å². The Morgan fingerprint density at radius 1 is 1.31 bits per heavy atom. The molecule has 1 rings (SSSR count). The van der Waals surface area contributed by atoms with E-state index in [1.807, 2.05) is 11.9 Å². The maximum Gasteiger partial charge on any atom is 0.317 e. The molecular weight excluding hydrogens is 200 g/mol. The topological polar surface area (TPSA) is 32.3 Å². The molecule has 3 nitrogen and oxygen atoms in total. The molecule has 0 atom stereocenters. The maximum atomic E-state index is 12.0. The molecule has 0 aromatic carbocycles. The zero-order chi connectivity index (χ0) is 12.2. The minimum Gasteiger partial charge on any atom is -0.335 e. The van der Waals surface area contributed by atoms with Crippen molar-refractivity contribution in [1.82, 2.24) is 10.2 Å². The van der Waals surface area contributed by atoms with Gasteiger partial charge in [0.25, 0.3) is 0 Å². The lowest BCUT2D eigenvalue weighted by atomic mass is 9.95. The zero-order valence-corrected chi connectivity index (χ0v) is 11.2. The van der Waals surface area contributed by atoms with E-state index in [1.54, 1.807) is 0 Å². The summed E-state index contributed by atoms with van der Waals surface area (Å²) in [5, 5.41) is 3.15. The van der Waals surface area contributed by atoms with Crippen LogP contribution in [0.25, 0.3) is 0 Å². The van der Waals surface area contributed by atoms with Crippen molar-refractivity contribution < 1.29 is 4.79 Å². The quantitative estimate of drug-likeness (QED) is 0.787. The Balaban J connectivity index is 2.44. The van der Waals surface area contributed by atoms with E-state index in [0.29, 0.717) is 6.04 Å². The largest absolute Gasteiger partial charge is 0.335 e. The molecule has 0 heterocycles. The predicted octanol–water partition coefficient (Wildman–Crippen LogP) is 3.15. The molecule has 0 radical (unpaired) electrons. The Morgan fingerprint density at radius 2 is 1.88 bits per heavy atom. The molecule has 3 heteroatoms. The fourth-order valence-corrected chi connectivity index (χ4v) is 2.03. The average Bonchev–Trinajstić information content (AvgIpc) is 2.29. The van der Waals surface area contributed by atoms with E-state index >= 15 is 0 Å². The first-order chi connectivity index (χ1) is 7.47. The van der Waals surface area contributed by atoms with Gasteiger partial charge in [-0.25, -0.2) is 4.79 Å². The summed E-state index contributed by atoms with van der Waals surface area (Å²) >= 11 is 0. The Kier molecular flexibility index (Phi) is 4.63. The molecule has 0 bridgehead atoms. The SMILES string of the molecule is CCC(C)(C)N(C)C(=O)NC1CCCCC1. The highest BCUT2D eigenvalue weighted by Gasteiger charge is 2.27. The predicted molar refractivity (Wildman–Crippen MR) is 67.5 cm³/mol. The Labute approximate surface area is 99.6 Å². The van der Waals surface area contributed by atoms with E-state index in [0.717, 1.165) is 19.3 Å². The van der Waals surface area contributed by atoms with Crippen molar-refractivity contribution in [3.8, 4) is 0 Å². The molecule has 1 N–H and O–H groups in total. The van der Waals surface area contributed by atoms with Crippen molar-refractivity contribution in [1.29, 1.82) is 0 Å². The van der Waals surface area contributed by atoms with Gasteiger partial charge in [0.15, 0.2) is 0 Å². The second-order valence-electron chi connectivity index (χ2n) is 5.51. The first-order valence-electron chi connectivity index (χ1n) is 6.51. The van der Waals surface area contributed by atoms with Gasteiger partial charge >= 0.3 is 6.03 Å². The molecule has 0 saturated heterocycles. The van der Waals surface area contributed by atoms with E-state index in [9.17, 15) is 4.79 Å². The van der Waals surface area contributed by atoms with Crippen LogP contribution in [0.1, 0.15) is 59.3 Å². The van der Waals surface area contributed by atoms with Crippen molar-refractivity contribution in [3.63, 3.8) is 0 Å². The van der Waals surface area contributed by atoms with Crippen LogP contribution in [0.3, 0.4) is 0 Å². The zero-order valence-electron chi connectivity index (χ0n) is 11.2. The van der Waals surface area contributed by atoms with Crippen LogP contribution >= 0.6 is 0 Å². The van der Waals surface area contributed by atoms with Crippen LogP contribution in [-0.4, -0.2) is 29.6 Å². The number of nitrogens with one attached hydrogen (secondary N) is 1. The highest BCUT2D eigenvalue weighted by Crippen LogP contribution is 2.20. The Bertz CT molecular complexity index is 232. The second-order valence-corrected chi connectivity index (χ2v) is 5.51. The summed E-state index contributed by atoms with van der Waals surface area (Å²) in [5.74, 6) is 0. The van der Waals surface area contributed by atoms with Gasteiger partial charge in [0.2, 0.25) is 0 Å². The van der Waals surface area contributed by atoms with Crippen molar-refractivity contribution in [2.45, 2.75) is 70.9 Å². The molecule has 1 fully saturated rings. The van der Waals surface area contributed by atoms with Crippen molar-refractivity contribution in [2.24, 2.45) is 0 Å². The van der Waals surface area contributed by atoms with Gasteiger partial charge in [-0.15, -0.1) is 0 Å². The summed E-state index contributed by atoms with van der Waals surface area (Å²) in [6, 6.07) is 0.482. The van der Waals surface area contributed by atoms with Gasteiger partial charge in [0, 0.05) is 18.6 Å². The summed E-state index contributed by atoms with van der Waals surface area (Å²) in [5.41, 5.74) is -0.0568. The molecule has 0 unspecified atom stereocenters. The number of amides is 2. The molecule has 1 aliphatic rings. The summed E-state index contributed by atoms with van der Waals surface area (Å²) in [7, 11) is 1.89. The van der Waals surface area contributed by atoms with E-state index in [-0.39, 0.29) is 11.6 Å². The van der Waals surface area contributed by atoms with E-state index in [2.05, 4.69) is 26.1 Å². The van der Waals surface area contributed by atoms with Gasteiger partial charge in [-0.2, -0.15) is 0 Å². The first-order valence-corrected chi connectivity index (χ1v) is 6.51.